The van der Waals surface area contributed by atoms with Gasteiger partial charge in [-0.05, 0) is 62.1 Å². The Hall–Kier alpha value is -4.27. The summed E-state index contributed by atoms with van der Waals surface area (Å²) in [7, 11) is 0. The van der Waals surface area contributed by atoms with E-state index in [9.17, 15) is 9.59 Å². The van der Waals surface area contributed by atoms with Gasteiger partial charge in [0.1, 0.15) is 12.7 Å². The van der Waals surface area contributed by atoms with Gasteiger partial charge in [-0.3, -0.25) is 9.59 Å². The van der Waals surface area contributed by atoms with Crippen molar-refractivity contribution in [3.8, 4) is 11.4 Å². The number of fused-ring (bicyclic) bond motifs is 1. The van der Waals surface area contributed by atoms with Gasteiger partial charge in [-0.25, -0.2) is 14.3 Å². The molecular weight excluding hydrogens is 430 g/mol. The first-order valence-corrected chi connectivity index (χ1v) is 11.4. The molecule has 0 saturated heterocycles. The second-order valence-corrected chi connectivity index (χ2v) is 8.20. The van der Waals surface area contributed by atoms with Crippen LogP contribution in [0.3, 0.4) is 0 Å². The van der Waals surface area contributed by atoms with E-state index in [1.165, 1.54) is 6.33 Å². The standard InChI is InChI=1S/C25H25N7O2/c33-23(29-18-11-13-19(14-12-18)31-17-26-16-28-31)15-27-25(34)24-21-9-5-2-6-10-22(21)32(30-24)20-7-3-1-4-8-20/h1,3-4,7-8,11-14,16-17H,2,5-6,9-10,15H2,(H,27,34)(H,29,33). The van der Waals surface area contributed by atoms with Crippen LogP contribution in [0, 0.1) is 0 Å². The van der Waals surface area contributed by atoms with E-state index in [0.29, 0.717) is 11.4 Å². The predicted octanol–water partition coefficient (Wildman–Crippen LogP) is 3.09. The van der Waals surface area contributed by atoms with Gasteiger partial charge in [0.15, 0.2) is 5.69 Å². The first-order chi connectivity index (χ1) is 16.7. The van der Waals surface area contributed by atoms with Crippen LogP contribution < -0.4 is 10.6 Å². The zero-order chi connectivity index (χ0) is 23.3. The molecule has 1 aliphatic carbocycles. The molecule has 0 aliphatic heterocycles. The number of hydrogen-bond acceptors (Lipinski definition) is 5. The molecular formula is C25H25N7O2. The molecule has 34 heavy (non-hydrogen) atoms. The van der Waals surface area contributed by atoms with Gasteiger partial charge in [-0.2, -0.15) is 10.2 Å². The summed E-state index contributed by atoms with van der Waals surface area (Å²) in [5.41, 5.74) is 4.88. The molecule has 0 radical (unpaired) electrons. The van der Waals surface area contributed by atoms with E-state index in [4.69, 9.17) is 0 Å². The normalized spacial score (nSPS) is 13.1. The van der Waals surface area contributed by atoms with Crippen molar-refractivity contribution in [2.75, 3.05) is 11.9 Å². The number of hydrogen-bond donors (Lipinski definition) is 2. The summed E-state index contributed by atoms with van der Waals surface area (Å²) in [5, 5.41) is 14.3. The Bertz CT molecular complexity index is 1280. The van der Waals surface area contributed by atoms with Gasteiger partial charge in [0.25, 0.3) is 5.91 Å². The SMILES string of the molecule is O=C(CNC(=O)c1nn(-c2ccccc2)c2c1CCCCC2)Nc1ccc(-n2cncn2)cc1. The van der Waals surface area contributed by atoms with Crippen molar-refractivity contribution in [1.82, 2.24) is 29.9 Å². The second-order valence-electron chi connectivity index (χ2n) is 8.20. The Balaban J connectivity index is 1.26. The van der Waals surface area contributed by atoms with Gasteiger partial charge < -0.3 is 10.6 Å². The number of anilines is 1. The zero-order valence-corrected chi connectivity index (χ0v) is 18.6. The number of carbonyl (C=O) groups excluding carboxylic acids is 2. The summed E-state index contributed by atoms with van der Waals surface area (Å²) in [4.78, 5) is 29.4. The fraction of sp³-hybridized carbons (Fsp3) is 0.240. The number of amides is 2. The van der Waals surface area contributed by atoms with E-state index in [1.54, 1.807) is 23.1 Å². The van der Waals surface area contributed by atoms with Crippen LogP contribution in [0.1, 0.15) is 41.0 Å². The number of rotatable bonds is 6. The highest BCUT2D eigenvalue weighted by Crippen LogP contribution is 2.26. The van der Waals surface area contributed by atoms with Crippen LogP contribution in [-0.2, 0) is 17.6 Å². The van der Waals surface area contributed by atoms with Crippen molar-refractivity contribution in [3.05, 3.63) is 84.2 Å². The topological polar surface area (TPSA) is 107 Å². The summed E-state index contributed by atoms with van der Waals surface area (Å²) >= 11 is 0. The number of carbonyl (C=O) groups is 2. The van der Waals surface area contributed by atoms with Crippen LogP contribution in [0.2, 0.25) is 0 Å². The van der Waals surface area contributed by atoms with Gasteiger partial charge in [-0.15, -0.1) is 0 Å². The van der Waals surface area contributed by atoms with Crippen molar-refractivity contribution >= 4 is 17.5 Å². The number of para-hydroxylation sites is 1. The highest BCUT2D eigenvalue weighted by Gasteiger charge is 2.25. The van der Waals surface area contributed by atoms with E-state index in [-0.39, 0.29) is 18.4 Å². The third-order valence-electron chi connectivity index (χ3n) is 5.89. The van der Waals surface area contributed by atoms with Gasteiger partial charge in [0, 0.05) is 16.9 Å². The fourth-order valence-corrected chi connectivity index (χ4v) is 4.23. The molecule has 2 amide bonds. The molecule has 4 aromatic rings. The van der Waals surface area contributed by atoms with E-state index >= 15 is 0 Å². The van der Waals surface area contributed by atoms with Crippen molar-refractivity contribution in [3.63, 3.8) is 0 Å². The molecule has 0 spiro atoms. The minimum absolute atomic E-state index is 0.142. The fourth-order valence-electron chi connectivity index (χ4n) is 4.23. The van der Waals surface area contributed by atoms with Crippen molar-refractivity contribution in [2.45, 2.75) is 32.1 Å². The second kappa shape index (κ2) is 9.70. The van der Waals surface area contributed by atoms with Gasteiger partial charge in [-0.1, -0.05) is 24.6 Å². The first-order valence-electron chi connectivity index (χ1n) is 11.4. The number of benzene rings is 2. The van der Waals surface area contributed by atoms with E-state index < -0.39 is 0 Å². The molecule has 5 rings (SSSR count). The quantitative estimate of drug-likeness (QED) is 0.435. The summed E-state index contributed by atoms with van der Waals surface area (Å²) in [5.74, 6) is -0.639. The molecule has 0 bridgehead atoms. The van der Waals surface area contributed by atoms with Crippen LogP contribution in [0.25, 0.3) is 11.4 Å². The summed E-state index contributed by atoms with van der Waals surface area (Å²) in [6.07, 6.45) is 7.99. The Morgan fingerprint density at radius 1 is 0.912 bits per heavy atom. The summed E-state index contributed by atoms with van der Waals surface area (Å²) in [6, 6.07) is 17.1. The van der Waals surface area contributed by atoms with Gasteiger partial charge in [0.2, 0.25) is 5.91 Å². The molecule has 2 aromatic carbocycles. The molecule has 2 heterocycles. The lowest BCUT2D eigenvalue weighted by Crippen LogP contribution is -2.33. The smallest absolute Gasteiger partial charge is 0.272 e. The van der Waals surface area contributed by atoms with E-state index in [1.807, 2.05) is 47.1 Å². The molecule has 2 N–H and O–H groups in total. The van der Waals surface area contributed by atoms with Crippen molar-refractivity contribution in [1.29, 1.82) is 0 Å². The van der Waals surface area contributed by atoms with E-state index in [0.717, 1.165) is 54.7 Å². The van der Waals surface area contributed by atoms with Crippen LogP contribution >= 0.6 is 0 Å². The van der Waals surface area contributed by atoms with Crippen molar-refractivity contribution in [2.24, 2.45) is 0 Å². The van der Waals surface area contributed by atoms with Crippen LogP contribution in [0.5, 0.6) is 0 Å². The molecule has 172 valence electrons. The number of aromatic nitrogens is 5. The van der Waals surface area contributed by atoms with Gasteiger partial charge in [0.05, 0.1) is 17.9 Å². The lowest BCUT2D eigenvalue weighted by Gasteiger charge is -2.08. The predicted molar refractivity (Wildman–Crippen MR) is 127 cm³/mol. The average Bonchev–Trinajstić information content (AvgIpc) is 3.46. The molecule has 9 heteroatoms. The van der Waals surface area contributed by atoms with Crippen LogP contribution in [0.15, 0.2) is 67.3 Å². The maximum atomic E-state index is 13.0. The maximum Gasteiger partial charge on any atom is 0.272 e. The molecule has 0 unspecified atom stereocenters. The monoisotopic (exact) mass is 455 g/mol. The van der Waals surface area contributed by atoms with Crippen molar-refractivity contribution < 1.29 is 9.59 Å². The van der Waals surface area contributed by atoms with E-state index in [2.05, 4.69) is 25.8 Å². The summed E-state index contributed by atoms with van der Waals surface area (Å²) < 4.78 is 3.51. The molecule has 0 saturated carbocycles. The average molecular weight is 456 g/mol. The highest BCUT2D eigenvalue weighted by atomic mass is 16.2. The third kappa shape index (κ3) is 4.59. The number of nitrogens with zero attached hydrogens (tertiary/aromatic N) is 5. The molecule has 0 fully saturated rings. The molecule has 2 aromatic heterocycles. The third-order valence-corrected chi connectivity index (χ3v) is 5.89. The van der Waals surface area contributed by atoms with Gasteiger partial charge >= 0.3 is 0 Å². The Morgan fingerprint density at radius 3 is 2.47 bits per heavy atom. The number of nitrogens with one attached hydrogen (secondary N) is 2. The Kier molecular flexibility index (Phi) is 6.15. The molecule has 9 nitrogen and oxygen atoms in total. The largest absolute Gasteiger partial charge is 0.342 e. The Labute approximate surface area is 196 Å². The lowest BCUT2D eigenvalue weighted by atomic mass is 10.1. The zero-order valence-electron chi connectivity index (χ0n) is 18.6. The van der Waals surface area contributed by atoms with Crippen LogP contribution in [-0.4, -0.2) is 42.9 Å². The first kappa shape index (κ1) is 21.6. The van der Waals surface area contributed by atoms with Crippen LogP contribution in [0.4, 0.5) is 5.69 Å². The molecule has 0 atom stereocenters. The minimum Gasteiger partial charge on any atom is -0.342 e. The minimum atomic E-state index is -0.329. The maximum absolute atomic E-state index is 13.0. The summed E-state index contributed by atoms with van der Waals surface area (Å²) in [6.45, 7) is -0.142. The molecule has 1 aliphatic rings. The lowest BCUT2D eigenvalue weighted by molar-refractivity contribution is -0.115. The highest BCUT2D eigenvalue weighted by molar-refractivity contribution is 5.99. The Morgan fingerprint density at radius 2 is 1.71 bits per heavy atom.